The molecule has 0 aromatic heterocycles. The second-order valence-corrected chi connectivity index (χ2v) is 5.81. The summed E-state index contributed by atoms with van der Waals surface area (Å²) in [7, 11) is 0. The summed E-state index contributed by atoms with van der Waals surface area (Å²) in [5, 5.41) is 3.72. The molecule has 1 nitrogen and oxygen atoms in total. The van der Waals surface area contributed by atoms with Crippen molar-refractivity contribution < 1.29 is 0 Å². The van der Waals surface area contributed by atoms with Crippen LogP contribution in [0.1, 0.15) is 53.3 Å². The number of benzene rings is 2. The molecule has 1 aliphatic heterocycles. The molecule has 1 atom stereocenters. The minimum Gasteiger partial charge on any atom is -0.306 e. The topological polar surface area (TPSA) is 12.0 Å². The maximum Gasteiger partial charge on any atom is 0.0582 e. The number of fused-ring (bicyclic) bond motifs is 1. The van der Waals surface area contributed by atoms with Crippen LogP contribution in [0.25, 0.3) is 0 Å². The van der Waals surface area contributed by atoms with Crippen LogP contribution in [0.4, 0.5) is 0 Å². The summed E-state index contributed by atoms with van der Waals surface area (Å²) < 4.78 is 0. The Morgan fingerprint density at radius 3 is 2.52 bits per heavy atom. The molecule has 21 heavy (non-hydrogen) atoms. The molecule has 1 radical (unpaired) electrons. The monoisotopic (exact) mass is 278 g/mol. The Morgan fingerprint density at radius 2 is 1.76 bits per heavy atom. The number of rotatable bonds is 3. The second-order valence-electron chi connectivity index (χ2n) is 5.81. The van der Waals surface area contributed by atoms with E-state index in [1.165, 1.54) is 33.4 Å². The molecule has 0 saturated heterocycles. The summed E-state index contributed by atoms with van der Waals surface area (Å²) in [6, 6.07) is 13.6. The standard InChI is InChI=1S/C20H24N/c1-4-16-14(3)10-11-19(17(16)5-2)20-18-9-7-6-8-15(18)12-13-21-20/h6-11,20-21H,3-5,12-13H2,1-2H3. The van der Waals surface area contributed by atoms with E-state index >= 15 is 0 Å². The summed E-state index contributed by atoms with van der Waals surface area (Å²) >= 11 is 0. The smallest absolute Gasteiger partial charge is 0.0582 e. The number of hydrogen-bond donors (Lipinski definition) is 1. The molecule has 2 aromatic rings. The van der Waals surface area contributed by atoms with Crippen molar-refractivity contribution in [3.05, 3.63) is 76.7 Å². The van der Waals surface area contributed by atoms with E-state index in [0.29, 0.717) is 6.04 Å². The highest BCUT2D eigenvalue weighted by molar-refractivity contribution is 5.48. The van der Waals surface area contributed by atoms with Crippen LogP contribution in [0.2, 0.25) is 0 Å². The average molecular weight is 278 g/mol. The van der Waals surface area contributed by atoms with Gasteiger partial charge in [0, 0.05) is 6.54 Å². The fraction of sp³-hybridized carbons (Fsp3) is 0.350. The zero-order valence-electron chi connectivity index (χ0n) is 13.1. The molecule has 1 aliphatic rings. The molecule has 3 rings (SSSR count). The Bertz CT molecular complexity index is 642. The van der Waals surface area contributed by atoms with Crippen LogP contribution in [0.15, 0.2) is 36.4 Å². The first-order valence-corrected chi connectivity index (χ1v) is 8.04. The molecule has 1 heterocycles. The van der Waals surface area contributed by atoms with Gasteiger partial charge in [-0.1, -0.05) is 50.2 Å². The predicted molar refractivity (Wildman–Crippen MR) is 89.6 cm³/mol. The lowest BCUT2D eigenvalue weighted by atomic mass is 9.84. The first kappa shape index (κ1) is 14.3. The quantitative estimate of drug-likeness (QED) is 0.886. The highest BCUT2D eigenvalue weighted by Crippen LogP contribution is 2.33. The van der Waals surface area contributed by atoms with Gasteiger partial charge in [-0.3, -0.25) is 0 Å². The van der Waals surface area contributed by atoms with Crippen molar-refractivity contribution in [1.82, 2.24) is 5.32 Å². The van der Waals surface area contributed by atoms with E-state index < -0.39 is 0 Å². The zero-order chi connectivity index (χ0) is 14.8. The van der Waals surface area contributed by atoms with Crippen molar-refractivity contribution in [1.29, 1.82) is 0 Å². The summed E-state index contributed by atoms with van der Waals surface area (Å²) in [6.07, 6.45) is 3.26. The van der Waals surface area contributed by atoms with Gasteiger partial charge in [-0.2, -0.15) is 0 Å². The maximum atomic E-state index is 4.21. The molecule has 1 N–H and O–H groups in total. The fourth-order valence-electron chi connectivity index (χ4n) is 3.67. The van der Waals surface area contributed by atoms with Gasteiger partial charge in [0.15, 0.2) is 0 Å². The minimum absolute atomic E-state index is 0.329. The van der Waals surface area contributed by atoms with Gasteiger partial charge >= 0.3 is 0 Å². The molecule has 1 heteroatoms. The van der Waals surface area contributed by atoms with Gasteiger partial charge in [0.25, 0.3) is 0 Å². The van der Waals surface area contributed by atoms with Crippen molar-refractivity contribution in [2.24, 2.45) is 0 Å². The summed E-state index contributed by atoms with van der Waals surface area (Å²) in [5.74, 6) is 0. The third-order valence-corrected chi connectivity index (χ3v) is 4.69. The fourth-order valence-corrected chi connectivity index (χ4v) is 3.67. The predicted octanol–water partition coefficient (Wildman–Crippen LogP) is 4.23. The Kier molecular flexibility index (Phi) is 4.12. The van der Waals surface area contributed by atoms with E-state index in [1.807, 2.05) is 0 Å². The van der Waals surface area contributed by atoms with Crippen molar-refractivity contribution in [2.45, 2.75) is 39.2 Å². The molecule has 0 bridgehead atoms. The molecular weight excluding hydrogens is 254 g/mol. The number of nitrogens with one attached hydrogen (secondary N) is 1. The van der Waals surface area contributed by atoms with E-state index in [2.05, 4.69) is 62.5 Å². The molecule has 0 fully saturated rings. The molecule has 1 unspecified atom stereocenters. The van der Waals surface area contributed by atoms with E-state index in [9.17, 15) is 0 Å². The molecule has 0 spiro atoms. The normalized spacial score (nSPS) is 17.6. The SMILES string of the molecule is [CH2]c1ccc(C2NCCc3ccccc32)c(CC)c1CC. The van der Waals surface area contributed by atoms with Gasteiger partial charge in [0.05, 0.1) is 6.04 Å². The summed E-state index contributed by atoms with van der Waals surface area (Å²) in [6.45, 7) is 9.75. The zero-order valence-corrected chi connectivity index (χ0v) is 13.1. The molecule has 2 aromatic carbocycles. The molecular formula is C20H24N. The minimum atomic E-state index is 0.329. The third-order valence-electron chi connectivity index (χ3n) is 4.69. The van der Waals surface area contributed by atoms with Crippen LogP contribution in [0.5, 0.6) is 0 Å². The first-order chi connectivity index (χ1) is 10.3. The lowest BCUT2D eigenvalue weighted by molar-refractivity contribution is 0.563. The van der Waals surface area contributed by atoms with E-state index in [1.54, 1.807) is 0 Å². The van der Waals surface area contributed by atoms with Crippen LogP contribution in [-0.4, -0.2) is 6.54 Å². The van der Waals surface area contributed by atoms with E-state index in [4.69, 9.17) is 0 Å². The van der Waals surface area contributed by atoms with E-state index in [-0.39, 0.29) is 0 Å². The lowest BCUT2D eigenvalue weighted by Crippen LogP contribution is -2.31. The van der Waals surface area contributed by atoms with Gasteiger partial charge in [-0.15, -0.1) is 0 Å². The summed E-state index contributed by atoms with van der Waals surface area (Å²) in [5.41, 5.74) is 8.47. The third kappa shape index (κ3) is 2.51. The molecule has 0 amide bonds. The van der Waals surface area contributed by atoms with Gasteiger partial charge < -0.3 is 5.32 Å². The Balaban J connectivity index is 2.14. The molecule has 0 aliphatic carbocycles. The van der Waals surface area contributed by atoms with Crippen molar-refractivity contribution in [3.63, 3.8) is 0 Å². The van der Waals surface area contributed by atoms with Crippen molar-refractivity contribution in [2.75, 3.05) is 6.54 Å². The van der Waals surface area contributed by atoms with Gasteiger partial charge in [0.1, 0.15) is 0 Å². The highest BCUT2D eigenvalue weighted by atomic mass is 14.9. The lowest BCUT2D eigenvalue weighted by Gasteiger charge is -2.30. The highest BCUT2D eigenvalue weighted by Gasteiger charge is 2.23. The largest absolute Gasteiger partial charge is 0.306 e. The summed E-state index contributed by atoms with van der Waals surface area (Å²) in [4.78, 5) is 0. The maximum absolute atomic E-state index is 4.21. The second kappa shape index (κ2) is 6.03. The first-order valence-electron chi connectivity index (χ1n) is 8.04. The van der Waals surface area contributed by atoms with Crippen molar-refractivity contribution >= 4 is 0 Å². The van der Waals surface area contributed by atoms with Crippen LogP contribution < -0.4 is 5.32 Å². The molecule has 109 valence electrons. The van der Waals surface area contributed by atoms with Crippen LogP contribution in [0.3, 0.4) is 0 Å². The van der Waals surface area contributed by atoms with E-state index in [0.717, 1.165) is 25.8 Å². The Morgan fingerprint density at radius 1 is 1.00 bits per heavy atom. The van der Waals surface area contributed by atoms with Gasteiger partial charge in [-0.25, -0.2) is 0 Å². The Hall–Kier alpha value is -1.60. The van der Waals surface area contributed by atoms with Crippen LogP contribution in [0, 0.1) is 6.92 Å². The van der Waals surface area contributed by atoms with Crippen LogP contribution >= 0.6 is 0 Å². The van der Waals surface area contributed by atoms with Gasteiger partial charge in [-0.05, 0) is 59.6 Å². The average Bonchev–Trinajstić information content (AvgIpc) is 2.54. The van der Waals surface area contributed by atoms with Gasteiger partial charge in [0.2, 0.25) is 0 Å². The van der Waals surface area contributed by atoms with Crippen LogP contribution in [-0.2, 0) is 19.3 Å². The molecule has 0 saturated carbocycles. The number of hydrogen-bond acceptors (Lipinski definition) is 1. The van der Waals surface area contributed by atoms with Crippen molar-refractivity contribution in [3.8, 4) is 0 Å². The Labute approximate surface area is 128 Å².